The Bertz CT molecular complexity index is 326. The van der Waals surface area contributed by atoms with Gasteiger partial charge in [-0.1, -0.05) is 37.8 Å². The molecule has 1 unspecified atom stereocenters. The molecule has 1 heteroatoms. The first-order valence-electron chi connectivity index (χ1n) is 5.04. The maximum absolute atomic E-state index is 9.25. The summed E-state index contributed by atoms with van der Waals surface area (Å²) < 4.78 is 0. The Morgan fingerprint density at radius 3 is 2.36 bits per heavy atom. The van der Waals surface area contributed by atoms with Gasteiger partial charge in [0.2, 0.25) is 0 Å². The normalized spacial score (nSPS) is 11.6. The molecule has 0 bridgehead atoms. The number of rotatable bonds is 2. The molecule has 14 heavy (non-hydrogen) atoms. The van der Waals surface area contributed by atoms with Crippen LogP contribution in [0, 0.1) is 11.8 Å². The Balaban J connectivity index is 2.71. The Labute approximate surface area is 85.8 Å². The van der Waals surface area contributed by atoms with E-state index in [0.29, 0.717) is 6.42 Å². The van der Waals surface area contributed by atoms with Gasteiger partial charge in [-0.05, 0) is 30.5 Å². The van der Waals surface area contributed by atoms with Gasteiger partial charge < -0.3 is 5.11 Å². The molecule has 0 aliphatic heterocycles. The minimum atomic E-state index is -0.499. The molecule has 0 aromatic heterocycles. The highest BCUT2D eigenvalue weighted by Gasteiger charge is 1.92. The van der Waals surface area contributed by atoms with E-state index in [2.05, 4.69) is 30.9 Å². The van der Waals surface area contributed by atoms with Crippen LogP contribution in [0.4, 0.5) is 0 Å². The Kier molecular flexibility index (Phi) is 4.22. The lowest BCUT2D eigenvalue weighted by atomic mass is 10.1. The van der Waals surface area contributed by atoms with Crippen LogP contribution in [0.3, 0.4) is 0 Å². The summed E-state index contributed by atoms with van der Waals surface area (Å²) in [6, 6.07) is 8.13. The largest absolute Gasteiger partial charge is 0.380 e. The lowest BCUT2D eigenvalue weighted by molar-refractivity contribution is 0.228. The average Bonchev–Trinajstić information content (AvgIpc) is 2.26. The first kappa shape index (κ1) is 10.8. The van der Waals surface area contributed by atoms with E-state index in [1.807, 2.05) is 19.1 Å². The van der Waals surface area contributed by atoms with E-state index in [0.717, 1.165) is 12.0 Å². The quantitative estimate of drug-likeness (QED) is 0.706. The molecule has 0 heterocycles. The number of hydrogen-bond acceptors (Lipinski definition) is 1. The van der Waals surface area contributed by atoms with Gasteiger partial charge in [0.1, 0.15) is 6.10 Å². The van der Waals surface area contributed by atoms with E-state index in [9.17, 15) is 5.11 Å². The third-order valence-electron chi connectivity index (χ3n) is 2.13. The van der Waals surface area contributed by atoms with Gasteiger partial charge in [-0.15, -0.1) is 0 Å². The molecule has 1 aromatic rings. The van der Waals surface area contributed by atoms with E-state index >= 15 is 0 Å². The molecule has 1 N–H and O–H groups in total. The summed E-state index contributed by atoms with van der Waals surface area (Å²) in [7, 11) is 0. The topological polar surface area (TPSA) is 20.2 Å². The van der Waals surface area contributed by atoms with Gasteiger partial charge >= 0.3 is 0 Å². The van der Waals surface area contributed by atoms with Gasteiger partial charge in [0.15, 0.2) is 0 Å². The van der Waals surface area contributed by atoms with Crippen molar-refractivity contribution in [2.75, 3.05) is 0 Å². The van der Waals surface area contributed by atoms with Gasteiger partial charge in [0, 0.05) is 5.56 Å². The highest BCUT2D eigenvalue weighted by molar-refractivity contribution is 5.36. The van der Waals surface area contributed by atoms with Crippen molar-refractivity contribution in [3.8, 4) is 11.8 Å². The summed E-state index contributed by atoms with van der Waals surface area (Å²) in [5.41, 5.74) is 2.28. The molecule has 1 rings (SSSR count). The smallest absolute Gasteiger partial charge is 0.114 e. The van der Waals surface area contributed by atoms with Crippen LogP contribution >= 0.6 is 0 Å². The molecule has 1 atom stereocenters. The monoisotopic (exact) mass is 188 g/mol. The molecule has 0 aliphatic carbocycles. The van der Waals surface area contributed by atoms with Crippen LogP contribution in [-0.4, -0.2) is 11.2 Å². The van der Waals surface area contributed by atoms with Crippen molar-refractivity contribution in [1.82, 2.24) is 0 Å². The van der Waals surface area contributed by atoms with E-state index in [-0.39, 0.29) is 0 Å². The molecule has 74 valence electrons. The second-order valence-electron chi connectivity index (χ2n) is 3.24. The lowest BCUT2D eigenvalue weighted by Gasteiger charge is -1.96. The molecule has 0 amide bonds. The van der Waals surface area contributed by atoms with E-state index in [4.69, 9.17) is 0 Å². The minimum absolute atomic E-state index is 0.499. The van der Waals surface area contributed by atoms with Crippen LogP contribution < -0.4 is 0 Å². The van der Waals surface area contributed by atoms with Crippen LogP contribution in [0.25, 0.3) is 0 Å². The van der Waals surface area contributed by atoms with Crippen molar-refractivity contribution >= 4 is 0 Å². The Hall–Kier alpha value is -1.26. The standard InChI is InChI=1S/C13H16O/c1-3-11-5-7-12(8-6-11)9-10-13(14)4-2/h5-8,13-14H,3-4H2,1-2H3. The van der Waals surface area contributed by atoms with Crippen molar-refractivity contribution in [1.29, 1.82) is 0 Å². The molecule has 0 spiro atoms. The molecule has 1 aromatic carbocycles. The molecule has 1 nitrogen and oxygen atoms in total. The van der Waals surface area contributed by atoms with Crippen molar-refractivity contribution in [3.05, 3.63) is 35.4 Å². The first-order chi connectivity index (χ1) is 6.76. The fourth-order valence-corrected chi connectivity index (χ4v) is 1.09. The summed E-state index contributed by atoms with van der Waals surface area (Å²) in [5.74, 6) is 5.74. The molecule has 0 saturated heterocycles. The third-order valence-corrected chi connectivity index (χ3v) is 2.13. The zero-order valence-corrected chi connectivity index (χ0v) is 8.75. The average molecular weight is 188 g/mol. The number of aryl methyl sites for hydroxylation is 1. The van der Waals surface area contributed by atoms with Gasteiger partial charge in [-0.3, -0.25) is 0 Å². The van der Waals surface area contributed by atoms with Crippen LogP contribution in [-0.2, 0) is 6.42 Å². The maximum Gasteiger partial charge on any atom is 0.114 e. The van der Waals surface area contributed by atoms with Gasteiger partial charge in [0.25, 0.3) is 0 Å². The van der Waals surface area contributed by atoms with E-state index in [1.165, 1.54) is 5.56 Å². The first-order valence-corrected chi connectivity index (χ1v) is 5.04. The molecule has 0 saturated carbocycles. The summed E-state index contributed by atoms with van der Waals surface area (Å²) in [5, 5.41) is 9.25. The van der Waals surface area contributed by atoms with Crippen LogP contribution in [0.1, 0.15) is 31.4 Å². The summed E-state index contributed by atoms with van der Waals surface area (Å²) >= 11 is 0. The Morgan fingerprint density at radius 1 is 1.21 bits per heavy atom. The van der Waals surface area contributed by atoms with Crippen molar-refractivity contribution in [3.63, 3.8) is 0 Å². The van der Waals surface area contributed by atoms with Gasteiger partial charge in [-0.2, -0.15) is 0 Å². The fraction of sp³-hybridized carbons (Fsp3) is 0.385. The van der Waals surface area contributed by atoms with Gasteiger partial charge in [0.05, 0.1) is 0 Å². The molecule has 0 aliphatic rings. The van der Waals surface area contributed by atoms with E-state index in [1.54, 1.807) is 0 Å². The zero-order valence-electron chi connectivity index (χ0n) is 8.75. The highest BCUT2D eigenvalue weighted by Crippen LogP contribution is 2.03. The second-order valence-corrected chi connectivity index (χ2v) is 3.24. The highest BCUT2D eigenvalue weighted by atomic mass is 16.3. The lowest BCUT2D eigenvalue weighted by Crippen LogP contribution is -1.98. The molecule has 0 fully saturated rings. The van der Waals surface area contributed by atoms with Crippen molar-refractivity contribution in [2.24, 2.45) is 0 Å². The summed E-state index contributed by atoms with van der Waals surface area (Å²) in [6.07, 6.45) is 1.23. The number of hydrogen-bond donors (Lipinski definition) is 1. The van der Waals surface area contributed by atoms with Crippen LogP contribution in [0.15, 0.2) is 24.3 Å². The van der Waals surface area contributed by atoms with E-state index < -0.39 is 6.10 Å². The second kappa shape index (κ2) is 5.47. The van der Waals surface area contributed by atoms with Crippen LogP contribution in [0.5, 0.6) is 0 Å². The molecular formula is C13H16O. The minimum Gasteiger partial charge on any atom is -0.380 e. The Morgan fingerprint density at radius 2 is 1.86 bits per heavy atom. The third kappa shape index (κ3) is 3.24. The maximum atomic E-state index is 9.25. The number of aliphatic hydroxyl groups excluding tert-OH is 1. The predicted molar refractivity (Wildman–Crippen MR) is 59.0 cm³/mol. The number of aliphatic hydroxyl groups is 1. The molecular weight excluding hydrogens is 172 g/mol. The fourth-order valence-electron chi connectivity index (χ4n) is 1.09. The van der Waals surface area contributed by atoms with Crippen molar-refractivity contribution in [2.45, 2.75) is 32.8 Å². The zero-order chi connectivity index (χ0) is 10.4. The summed E-state index contributed by atoms with van der Waals surface area (Å²) in [6.45, 7) is 4.04. The van der Waals surface area contributed by atoms with Crippen molar-refractivity contribution < 1.29 is 5.11 Å². The van der Waals surface area contributed by atoms with Crippen LogP contribution in [0.2, 0.25) is 0 Å². The summed E-state index contributed by atoms with van der Waals surface area (Å²) in [4.78, 5) is 0. The number of benzene rings is 1. The van der Waals surface area contributed by atoms with Gasteiger partial charge in [-0.25, -0.2) is 0 Å². The molecule has 0 radical (unpaired) electrons. The predicted octanol–water partition coefficient (Wildman–Crippen LogP) is 2.37. The SMILES string of the molecule is CCc1ccc(C#CC(O)CC)cc1.